The average Bonchev–Trinajstić information content (AvgIpc) is 3.34. The lowest BCUT2D eigenvalue weighted by atomic mass is 10.1. The maximum atomic E-state index is 15.0. The lowest BCUT2D eigenvalue weighted by Crippen LogP contribution is -2.49. The van der Waals surface area contributed by atoms with Crippen LogP contribution < -0.4 is 9.64 Å². The van der Waals surface area contributed by atoms with Crippen molar-refractivity contribution in [3.63, 3.8) is 0 Å². The van der Waals surface area contributed by atoms with Gasteiger partial charge in [0.05, 0.1) is 25.2 Å². The molecule has 2 amide bonds. The van der Waals surface area contributed by atoms with Gasteiger partial charge in [0, 0.05) is 36.0 Å². The zero-order chi connectivity index (χ0) is 25.2. The Labute approximate surface area is 199 Å². The van der Waals surface area contributed by atoms with E-state index < -0.39 is 34.0 Å². The van der Waals surface area contributed by atoms with Crippen molar-refractivity contribution in [2.45, 2.75) is 13.0 Å². The molecule has 9 nitrogen and oxygen atoms in total. The lowest BCUT2D eigenvalue weighted by molar-refractivity contribution is 0.116. The van der Waals surface area contributed by atoms with Gasteiger partial charge in [-0.25, -0.2) is 17.6 Å². The summed E-state index contributed by atoms with van der Waals surface area (Å²) in [4.78, 5) is 16.1. The van der Waals surface area contributed by atoms with Gasteiger partial charge in [-0.2, -0.15) is 8.78 Å². The number of hydrogen-bond donors (Lipinski definition) is 0. The Balaban J connectivity index is 1.63. The van der Waals surface area contributed by atoms with Gasteiger partial charge >= 0.3 is 12.5 Å². The normalized spacial score (nSPS) is 15.3. The first-order valence-corrected chi connectivity index (χ1v) is 12.3. The molecule has 0 saturated carbocycles. The van der Waals surface area contributed by atoms with Crippen molar-refractivity contribution in [2.75, 3.05) is 36.6 Å². The standard InChI is InChI=1S/C22H21F3N4O5S/c1-33-17-4-2-3-16(12-17)29(22(30)28-7-9-35(31,32)10-8-28)13-15-6-5-14(11-18(15)23)20-26-27-21(34-20)19(24)25/h2-6,11-12,19H,7-10,13H2,1H3. The third-order valence-corrected chi connectivity index (χ3v) is 7.08. The molecule has 13 heteroatoms. The number of sulfone groups is 1. The minimum absolute atomic E-state index is 0.0205. The number of rotatable bonds is 6. The number of amides is 2. The molecule has 2 aromatic carbocycles. The van der Waals surface area contributed by atoms with Crippen LogP contribution in [0.4, 0.5) is 23.7 Å². The largest absolute Gasteiger partial charge is 0.497 e. The number of benzene rings is 2. The van der Waals surface area contributed by atoms with Crippen LogP contribution in [0.2, 0.25) is 0 Å². The highest BCUT2D eigenvalue weighted by molar-refractivity contribution is 7.91. The zero-order valence-electron chi connectivity index (χ0n) is 18.5. The molecule has 4 rings (SSSR count). The molecule has 0 aliphatic carbocycles. The van der Waals surface area contributed by atoms with E-state index in [0.29, 0.717) is 11.4 Å². The number of ether oxygens (including phenoxy) is 1. The van der Waals surface area contributed by atoms with E-state index in [-0.39, 0.29) is 48.2 Å². The van der Waals surface area contributed by atoms with E-state index in [4.69, 9.17) is 9.15 Å². The summed E-state index contributed by atoms with van der Waals surface area (Å²) in [5, 5.41) is 6.74. The second kappa shape index (κ2) is 9.94. The van der Waals surface area contributed by atoms with E-state index >= 15 is 4.39 Å². The Morgan fingerprint density at radius 3 is 2.54 bits per heavy atom. The van der Waals surface area contributed by atoms with Crippen molar-refractivity contribution in [2.24, 2.45) is 0 Å². The Morgan fingerprint density at radius 1 is 1.17 bits per heavy atom. The Morgan fingerprint density at radius 2 is 1.91 bits per heavy atom. The van der Waals surface area contributed by atoms with E-state index in [2.05, 4.69) is 10.2 Å². The topological polar surface area (TPSA) is 106 Å². The van der Waals surface area contributed by atoms with Gasteiger partial charge in [-0.1, -0.05) is 12.1 Å². The van der Waals surface area contributed by atoms with Crippen LogP contribution >= 0.6 is 0 Å². The highest BCUT2D eigenvalue weighted by atomic mass is 32.2. The summed E-state index contributed by atoms with van der Waals surface area (Å²) in [7, 11) is -1.74. The molecular weight excluding hydrogens is 489 g/mol. The van der Waals surface area contributed by atoms with E-state index in [0.717, 1.165) is 6.07 Å². The molecule has 1 saturated heterocycles. The fourth-order valence-corrected chi connectivity index (χ4v) is 4.74. The molecule has 2 heterocycles. The quantitative estimate of drug-likeness (QED) is 0.498. The molecule has 3 aromatic rings. The second-order valence-corrected chi connectivity index (χ2v) is 10.1. The summed E-state index contributed by atoms with van der Waals surface area (Å²) >= 11 is 0. The number of anilines is 1. The number of alkyl halides is 2. The predicted octanol–water partition coefficient (Wildman–Crippen LogP) is 3.68. The van der Waals surface area contributed by atoms with E-state index in [1.807, 2.05) is 0 Å². The number of halogens is 3. The van der Waals surface area contributed by atoms with Crippen molar-refractivity contribution in [3.05, 3.63) is 59.7 Å². The van der Waals surface area contributed by atoms with Gasteiger partial charge in [0.15, 0.2) is 9.84 Å². The Kier molecular flexibility index (Phi) is 6.96. The summed E-state index contributed by atoms with van der Waals surface area (Å²) in [5.41, 5.74) is 0.652. The number of nitrogens with zero attached hydrogens (tertiary/aromatic N) is 4. The molecule has 0 N–H and O–H groups in total. The molecule has 186 valence electrons. The van der Waals surface area contributed by atoms with Crippen LogP contribution in [0.1, 0.15) is 17.9 Å². The van der Waals surface area contributed by atoms with Gasteiger partial charge in [0.1, 0.15) is 11.6 Å². The molecule has 0 radical (unpaired) electrons. The molecule has 0 spiro atoms. The van der Waals surface area contributed by atoms with Crippen LogP contribution in [0.5, 0.6) is 5.75 Å². The minimum atomic E-state index is -3.21. The van der Waals surface area contributed by atoms with Crippen LogP contribution in [-0.4, -0.2) is 61.3 Å². The van der Waals surface area contributed by atoms with Crippen LogP contribution in [0.15, 0.2) is 46.9 Å². The first-order valence-electron chi connectivity index (χ1n) is 10.5. The first-order chi connectivity index (χ1) is 16.7. The number of carbonyl (C=O) groups excluding carboxylic acids is 1. The maximum absolute atomic E-state index is 15.0. The van der Waals surface area contributed by atoms with Gasteiger partial charge in [-0.05, 0) is 24.3 Å². The third kappa shape index (κ3) is 5.56. The SMILES string of the molecule is COc1cccc(N(Cc2ccc(-c3nnc(C(F)F)o3)cc2F)C(=O)N2CCS(=O)(=O)CC2)c1. The lowest BCUT2D eigenvalue weighted by Gasteiger charge is -2.33. The van der Waals surface area contributed by atoms with Gasteiger partial charge in [-0.15, -0.1) is 10.2 Å². The van der Waals surface area contributed by atoms with E-state index in [9.17, 15) is 22.0 Å². The maximum Gasteiger partial charge on any atom is 0.324 e. The van der Waals surface area contributed by atoms with E-state index in [1.54, 1.807) is 24.3 Å². The van der Waals surface area contributed by atoms with Gasteiger partial charge in [0.25, 0.3) is 5.89 Å². The molecule has 0 unspecified atom stereocenters. The van der Waals surface area contributed by atoms with Crippen molar-refractivity contribution in [1.29, 1.82) is 0 Å². The summed E-state index contributed by atoms with van der Waals surface area (Å²) in [6.45, 7) is -0.146. The molecule has 35 heavy (non-hydrogen) atoms. The van der Waals surface area contributed by atoms with Crippen LogP contribution in [0, 0.1) is 5.82 Å². The first kappa shape index (κ1) is 24.5. The third-order valence-electron chi connectivity index (χ3n) is 5.47. The second-order valence-electron chi connectivity index (χ2n) is 7.76. The number of hydrogen-bond acceptors (Lipinski definition) is 7. The summed E-state index contributed by atoms with van der Waals surface area (Å²) in [6, 6.07) is 9.99. The van der Waals surface area contributed by atoms with Crippen molar-refractivity contribution in [3.8, 4) is 17.2 Å². The fraction of sp³-hybridized carbons (Fsp3) is 0.318. The molecule has 1 fully saturated rings. The summed E-state index contributed by atoms with van der Waals surface area (Å²) in [6.07, 6.45) is -2.95. The van der Waals surface area contributed by atoms with E-state index in [1.165, 1.54) is 29.0 Å². The number of urea groups is 1. The van der Waals surface area contributed by atoms with Crippen molar-refractivity contribution >= 4 is 21.6 Å². The molecule has 0 atom stereocenters. The summed E-state index contributed by atoms with van der Waals surface area (Å²) in [5.74, 6) is -1.69. The molecule has 1 aromatic heterocycles. The number of carbonyl (C=O) groups is 1. The van der Waals surface area contributed by atoms with Crippen molar-refractivity contribution in [1.82, 2.24) is 15.1 Å². The average molecular weight is 510 g/mol. The van der Waals surface area contributed by atoms with Gasteiger partial charge < -0.3 is 14.1 Å². The molecular formula is C22H21F3N4O5S. The van der Waals surface area contributed by atoms with Gasteiger partial charge in [-0.3, -0.25) is 4.90 Å². The fourth-order valence-electron chi connectivity index (χ4n) is 3.54. The monoisotopic (exact) mass is 510 g/mol. The smallest absolute Gasteiger partial charge is 0.324 e. The highest BCUT2D eigenvalue weighted by Crippen LogP contribution is 2.28. The molecule has 0 bridgehead atoms. The molecule has 1 aliphatic heterocycles. The van der Waals surface area contributed by atoms with Crippen LogP contribution in [0.25, 0.3) is 11.5 Å². The predicted molar refractivity (Wildman–Crippen MR) is 119 cm³/mol. The van der Waals surface area contributed by atoms with Crippen LogP contribution in [-0.2, 0) is 16.4 Å². The highest BCUT2D eigenvalue weighted by Gasteiger charge is 2.30. The van der Waals surface area contributed by atoms with Crippen molar-refractivity contribution < 1.29 is 35.5 Å². The number of aromatic nitrogens is 2. The zero-order valence-corrected chi connectivity index (χ0v) is 19.3. The number of methoxy groups -OCH3 is 1. The minimum Gasteiger partial charge on any atom is -0.497 e. The van der Waals surface area contributed by atoms with Gasteiger partial charge in [0.2, 0.25) is 5.89 Å². The Hall–Kier alpha value is -3.61. The Bertz CT molecular complexity index is 1320. The van der Waals surface area contributed by atoms with Crippen LogP contribution in [0.3, 0.4) is 0 Å². The summed E-state index contributed by atoms with van der Waals surface area (Å²) < 4.78 is 74.1. The molecule has 1 aliphatic rings.